The zero-order chi connectivity index (χ0) is 14.0. The van der Waals surface area contributed by atoms with Gasteiger partial charge >= 0.3 is 6.18 Å². The van der Waals surface area contributed by atoms with Crippen molar-refractivity contribution in [2.45, 2.75) is 6.18 Å². The Kier molecular flexibility index (Phi) is 3.19. The summed E-state index contributed by atoms with van der Waals surface area (Å²) in [6.45, 7) is 0. The molecule has 0 aliphatic carbocycles. The molecule has 0 fully saturated rings. The van der Waals surface area contributed by atoms with Gasteiger partial charge < -0.3 is 5.32 Å². The highest BCUT2D eigenvalue weighted by Crippen LogP contribution is 2.32. The first-order valence-electron chi connectivity index (χ1n) is 4.91. The van der Waals surface area contributed by atoms with Gasteiger partial charge in [0.1, 0.15) is 12.1 Å². The molecule has 2 aromatic rings. The lowest BCUT2D eigenvalue weighted by Crippen LogP contribution is -2.15. The highest BCUT2D eigenvalue weighted by molar-refractivity contribution is 6.01. The van der Waals surface area contributed by atoms with Crippen molar-refractivity contribution in [3.63, 3.8) is 0 Å². The van der Waals surface area contributed by atoms with Crippen LogP contribution in [0.2, 0.25) is 0 Å². The molecule has 0 saturated heterocycles. The topological polar surface area (TPSA) is 70.7 Å². The molecule has 0 aliphatic rings. The third-order valence-corrected chi connectivity index (χ3v) is 2.16. The van der Waals surface area contributed by atoms with Gasteiger partial charge in [0.05, 0.1) is 5.56 Å². The van der Waals surface area contributed by atoms with Crippen LogP contribution in [0.3, 0.4) is 0 Å². The second kappa shape index (κ2) is 4.67. The molecule has 100 valence electrons. The van der Waals surface area contributed by atoms with Gasteiger partial charge in [-0.05, 0) is 18.2 Å². The second-order valence-corrected chi connectivity index (χ2v) is 3.48. The monoisotopic (exact) mass is 274 g/mol. The van der Waals surface area contributed by atoms with Gasteiger partial charge in [0, 0.05) is 5.69 Å². The summed E-state index contributed by atoms with van der Waals surface area (Å²) in [5.41, 5.74) is -1.65. The van der Waals surface area contributed by atoms with Crippen LogP contribution in [0.1, 0.15) is 16.2 Å². The smallest absolute Gasteiger partial charge is 0.319 e. The fourth-order valence-electron chi connectivity index (χ4n) is 1.33. The van der Waals surface area contributed by atoms with Gasteiger partial charge in [-0.15, -0.1) is 0 Å². The number of halogens is 4. The van der Waals surface area contributed by atoms with Gasteiger partial charge in [-0.3, -0.25) is 9.89 Å². The number of amides is 1. The summed E-state index contributed by atoms with van der Waals surface area (Å²) >= 11 is 0. The number of nitrogens with zero attached hydrogens (tertiary/aromatic N) is 2. The molecule has 1 amide bonds. The van der Waals surface area contributed by atoms with E-state index < -0.39 is 23.5 Å². The summed E-state index contributed by atoms with van der Waals surface area (Å²) in [4.78, 5) is 15.0. The van der Waals surface area contributed by atoms with Crippen molar-refractivity contribution < 1.29 is 22.4 Å². The molecular weight excluding hydrogens is 268 g/mol. The van der Waals surface area contributed by atoms with Crippen LogP contribution in [0.25, 0.3) is 0 Å². The van der Waals surface area contributed by atoms with Gasteiger partial charge in [-0.2, -0.15) is 18.3 Å². The lowest BCUT2D eigenvalue weighted by Gasteiger charge is -2.10. The molecule has 0 saturated carbocycles. The van der Waals surface area contributed by atoms with Gasteiger partial charge in [0.15, 0.2) is 0 Å². The van der Waals surface area contributed by atoms with Crippen molar-refractivity contribution in [1.82, 2.24) is 15.2 Å². The Morgan fingerprint density at radius 3 is 2.63 bits per heavy atom. The normalized spacial score (nSPS) is 11.4. The molecule has 0 radical (unpaired) electrons. The number of carbonyl (C=O) groups excluding carboxylic acids is 1. The maximum absolute atomic E-state index is 13.0. The van der Waals surface area contributed by atoms with E-state index >= 15 is 0 Å². The Balaban J connectivity index is 2.25. The minimum atomic E-state index is -4.84. The molecule has 2 N–H and O–H groups in total. The van der Waals surface area contributed by atoms with Gasteiger partial charge in [0.2, 0.25) is 5.82 Å². The van der Waals surface area contributed by atoms with E-state index in [-0.39, 0.29) is 11.5 Å². The van der Waals surface area contributed by atoms with Crippen molar-refractivity contribution in [3.8, 4) is 0 Å². The number of hydrogen-bond donors (Lipinski definition) is 2. The van der Waals surface area contributed by atoms with E-state index in [1.165, 1.54) is 0 Å². The number of nitrogens with one attached hydrogen (secondary N) is 2. The molecule has 1 heterocycles. The first-order chi connectivity index (χ1) is 8.88. The van der Waals surface area contributed by atoms with E-state index in [4.69, 9.17) is 0 Å². The molecule has 0 aliphatic heterocycles. The van der Waals surface area contributed by atoms with Crippen molar-refractivity contribution in [2.75, 3.05) is 5.32 Å². The third-order valence-electron chi connectivity index (χ3n) is 2.16. The van der Waals surface area contributed by atoms with Gasteiger partial charge in [-0.25, -0.2) is 9.37 Å². The molecular formula is C10H6F4N4O. The van der Waals surface area contributed by atoms with Gasteiger partial charge in [0.25, 0.3) is 5.91 Å². The first-order valence-corrected chi connectivity index (χ1v) is 4.91. The average molecular weight is 274 g/mol. The number of anilines is 1. The highest BCUT2D eigenvalue weighted by atomic mass is 19.4. The van der Waals surface area contributed by atoms with Gasteiger partial charge in [-0.1, -0.05) is 0 Å². The molecule has 1 aromatic heterocycles. The van der Waals surface area contributed by atoms with Crippen LogP contribution in [0.15, 0.2) is 24.5 Å². The lowest BCUT2D eigenvalue weighted by atomic mass is 10.2. The Hall–Kier alpha value is -2.45. The van der Waals surface area contributed by atoms with Crippen LogP contribution in [-0.2, 0) is 6.18 Å². The highest BCUT2D eigenvalue weighted by Gasteiger charge is 2.34. The average Bonchev–Trinajstić information content (AvgIpc) is 2.83. The van der Waals surface area contributed by atoms with Crippen molar-refractivity contribution in [2.24, 2.45) is 0 Å². The fourth-order valence-corrected chi connectivity index (χ4v) is 1.33. The minimum absolute atomic E-state index is 0.169. The second-order valence-electron chi connectivity index (χ2n) is 3.48. The Morgan fingerprint density at radius 1 is 1.32 bits per heavy atom. The van der Waals surface area contributed by atoms with E-state index in [0.717, 1.165) is 12.4 Å². The van der Waals surface area contributed by atoms with E-state index in [1.54, 1.807) is 0 Å². The molecule has 0 unspecified atom stereocenters. The molecule has 19 heavy (non-hydrogen) atoms. The first kappa shape index (κ1) is 13.0. The zero-order valence-corrected chi connectivity index (χ0v) is 9.12. The van der Waals surface area contributed by atoms with Crippen LogP contribution < -0.4 is 5.32 Å². The standard InChI is InChI=1S/C10H6F4N4O/c11-7-2-1-5(3-6(7)10(12,13)14)17-9(19)8-15-4-16-18-8/h1-4H,(H,17,19)(H,15,16,18). The summed E-state index contributed by atoms with van der Waals surface area (Å²) in [7, 11) is 0. The summed E-state index contributed by atoms with van der Waals surface area (Å²) < 4.78 is 50.4. The van der Waals surface area contributed by atoms with Crippen LogP contribution in [-0.4, -0.2) is 21.1 Å². The number of carbonyl (C=O) groups is 1. The number of benzene rings is 1. The molecule has 0 bridgehead atoms. The Morgan fingerprint density at radius 2 is 2.05 bits per heavy atom. The fraction of sp³-hybridized carbons (Fsp3) is 0.100. The maximum Gasteiger partial charge on any atom is 0.419 e. The molecule has 2 rings (SSSR count). The van der Waals surface area contributed by atoms with Crippen LogP contribution in [0, 0.1) is 5.82 Å². The molecule has 9 heteroatoms. The molecule has 0 spiro atoms. The van der Waals surface area contributed by atoms with E-state index in [2.05, 4.69) is 20.5 Å². The quantitative estimate of drug-likeness (QED) is 0.825. The number of alkyl halides is 3. The van der Waals surface area contributed by atoms with E-state index in [0.29, 0.717) is 12.1 Å². The zero-order valence-electron chi connectivity index (χ0n) is 9.12. The largest absolute Gasteiger partial charge is 0.419 e. The van der Waals surface area contributed by atoms with Crippen LogP contribution in [0.5, 0.6) is 0 Å². The number of rotatable bonds is 2. The maximum atomic E-state index is 13.0. The third kappa shape index (κ3) is 2.87. The summed E-state index contributed by atoms with van der Waals surface area (Å²) in [6, 6.07) is 2.14. The van der Waals surface area contributed by atoms with Crippen LogP contribution in [0.4, 0.5) is 23.2 Å². The Bertz CT molecular complexity index is 594. The predicted octanol–water partition coefficient (Wildman–Crippen LogP) is 2.21. The summed E-state index contributed by atoms with van der Waals surface area (Å²) in [5.74, 6) is -2.36. The van der Waals surface area contributed by atoms with Crippen LogP contribution >= 0.6 is 0 Å². The number of aromatic amines is 1. The summed E-state index contributed by atoms with van der Waals surface area (Å²) in [5, 5.41) is 7.81. The van der Waals surface area contributed by atoms with Crippen molar-refractivity contribution in [3.05, 3.63) is 41.7 Å². The SMILES string of the molecule is O=C(Nc1ccc(F)c(C(F)(F)F)c1)c1ncn[nH]1. The molecule has 0 atom stereocenters. The molecule has 1 aromatic carbocycles. The Labute approximate surface area is 103 Å². The number of aromatic nitrogens is 3. The number of H-pyrrole nitrogens is 1. The van der Waals surface area contributed by atoms with E-state index in [1.807, 2.05) is 0 Å². The van der Waals surface area contributed by atoms with E-state index in [9.17, 15) is 22.4 Å². The molecule has 5 nitrogen and oxygen atoms in total. The number of hydrogen-bond acceptors (Lipinski definition) is 3. The lowest BCUT2D eigenvalue weighted by molar-refractivity contribution is -0.139. The van der Waals surface area contributed by atoms with Crippen molar-refractivity contribution in [1.29, 1.82) is 0 Å². The summed E-state index contributed by atoms with van der Waals surface area (Å²) in [6.07, 6.45) is -3.77. The minimum Gasteiger partial charge on any atom is -0.319 e. The van der Waals surface area contributed by atoms with Crippen molar-refractivity contribution >= 4 is 11.6 Å². The predicted molar refractivity (Wildman–Crippen MR) is 55.7 cm³/mol.